The van der Waals surface area contributed by atoms with Crippen molar-refractivity contribution in [3.8, 4) is 0 Å². The molecule has 2 aliphatic heterocycles. The molecule has 2 unspecified atom stereocenters. The van der Waals surface area contributed by atoms with Crippen LogP contribution in [0.2, 0.25) is 0 Å². The molecule has 25 heavy (non-hydrogen) atoms. The minimum atomic E-state index is -3.47. The maximum Gasteiger partial charge on any atom is 0.260 e. The van der Waals surface area contributed by atoms with E-state index in [1.165, 1.54) is 12.5 Å². The first-order valence-corrected chi connectivity index (χ1v) is 9.94. The van der Waals surface area contributed by atoms with E-state index in [0.717, 1.165) is 24.6 Å². The summed E-state index contributed by atoms with van der Waals surface area (Å²) in [6.45, 7) is 6.98. The lowest BCUT2D eigenvalue weighted by Gasteiger charge is -2.22. The monoisotopic (exact) mass is 362 g/mol. The van der Waals surface area contributed by atoms with E-state index >= 15 is 0 Å². The number of sulfonamides is 1. The summed E-state index contributed by atoms with van der Waals surface area (Å²) in [5.74, 6) is 1.96. The van der Waals surface area contributed by atoms with Gasteiger partial charge in [0.1, 0.15) is 12.1 Å². The van der Waals surface area contributed by atoms with E-state index in [0.29, 0.717) is 30.8 Å². The largest absolute Gasteiger partial charge is 0.356 e. The molecular formula is C16H22N6O2S. The summed E-state index contributed by atoms with van der Waals surface area (Å²) in [7, 11) is -3.47. The van der Waals surface area contributed by atoms with E-state index in [1.807, 2.05) is 6.07 Å². The minimum Gasteiger partial charge on any atom is -0.356 e. The highest BCUT2D eigenvalue weighted by Gasteiger charge is 2.45. The maximum absolute atomic E-state index is 12.6. The van der Waals surface area contributed by atoms with Gasteiger partial charge in [0.2, 0.25) is 0 Å². The number of hydrogen-bond acceptors (Lipinski definition) is 6. The van der Waals surface area contributed by atoms with Gasteiger partial charge in [-0.3, -0.25) is 0 Å². The van der Waals surface area contributed by atoms with Crippen LogP contribution in [0.15, 0.2) is 29.9 Å². The Morgan fingerprint density at radius 3 is 2.48 bits per heavy atom. The van der Waals surface area contributed by atoms with Crippen LogP contribution in [0, 0.1) is 11.8 Å². The van der Waals surface area contributed by atoms with E-state index in [1.54, 1.807) is 10.6 Å². The van der Waals surface area contributed by atoms with Crippen molar-refractivity contribution in [1.82, 2.24) is 24.2 Å². The number of aromatic amines is 1. The highest BCUT2D eigenvalue weighted by molar-refractivity contribution is 7.89. The molecular weight excluding hydrogens is 340 g/mol. The lowest BCUT2D eigenvalue weighted by molar-refractivity contribution is 0.451. The van der Waals surface area contributed by atoms with Gasteiger partial charge in [0.05, 0.1) is 12.5 Å². The summed E-state index contributed by atoms with van der Waals surface area (Å²) in [4.78, 5) is 17.5. The first kappa shape index (κ1) is 16.5. The second kappa shape index (κ2) is 6.06. The average Bonchev–Trinajstić information content (AvgIpc) is 3.30. The molecule has 9 heteroatoms. The smallest absolute Gasteiger partial charge is 0.260 e. The van der Waals surface area contributed by atoms with Crippen LogP contribution < -0.4 is 4.90 Å². The highest BCUT2D eigenvalue weighted by Crippen LogP contribution is 2.35. The van der Waals surface area contributed by atoms with Gasteiger partial charge >= 0.3 is 0 Å². The van der Waals surface area contributed by atoms with Crippen molar-refractivity contribution in [3.63, 3.8) is 0 Å². The Balaban J connectivity index is 1.47. The number of rotatable bonds is 4. The SMILES string of the molecule is CC(C)c1cc(N2CC3CN(S(=O)(=O)c4cnc[nH]4)CC3C2)ncn1. The van der Waals surface area contributed by atoms with Crippen molar-refractivity contribution in [2.24, 2.45) is 11.8 Å². The standard InChI is InChI=1S/C16H22N6O2S/c1-11(2)14-3-15(19-10-18-14)21-5-12-7-22(8-13(12)6-21)25(23,24)16-4-17-9-20-16/h3-4,9-13H,5-8H2,1-2H3,(H,17,20). The summed E-state index contributed by atoms with van der Waals surface area (Å²) in [6, 6.07) is 2.05. The van der Waals surface area contributed by atoms with Crippen molar-refractivity contribution >= 4 is 15.8 Å². The number of imidazole rings is 1. The van der Waals surface area contributed by atoms with E-state index in [4.69, 9.17) is 0 Å². The topological polar surface area (TPSA) is 95.1 Å². The summed E-state index contributed by atoms with van der Waals surface area (Å²) < 4.78 is 26.8. The highest BCUT2D eigenvalue weighted by atomic mass is 32.2. The van der Waals surface area contributed by atoms with Crippen molar-refractivity contribution in [2.75, 3.05) is 31.1 Å². The summed E-state index contributed by atoms with van der Waals surface area (Å²) >= 11 is 0. The first-order chi connectivity index (χ1) is 11.9. The maximum atomic E-state index is 12.6. The molecule has 2 fully saturated rings. The van der Waals surface area contributed by atoms with Crippen LogP contribution in [0.5, 0.6) is 0 Å². The lowest BCUT2D eigenvalue weighted by Crippen LogP contribution is -2.33. The van der Waals surface area contributed by atoms with Gasteiger partial charge in [-0.05, 0) is 17.8 Å². The third-order valence-corrected chi connectivity index (χ3v) is 6.89. The van der Waals surface area contributed by atoms with Gasteiger partial charge in [-0.2, -0.15) is 4.31 Å². The molecule has 0 amide bonds. The van der Waals surface area contributed by atoms with E-state index in [-0.39, 0.29) is 5.03 Å². The van der Waals surface area contributed by atoms with E-state index in [9.17, 15) is 8.42 Å². The van der Waals surface area contributed by atoms with Gasteiger partial charge < -0.3 is 9.88 Å². The van der Waals surface area contributed by atoms with Crippen LogP contribution in [0.1, 0.15) is 25.5 Å². The van der Waals surface area contributed by atoms with Crippen molar-refractivity contribution in [1.29, 1.82) is 0 Å². The van der Waals surface area contributed by atoms with Crippen molar-refractivity contribution in [2.45, 2.75) is 24.8 Å². The number of nitrogens with zero attached hydrogens (tertiary/aromatic N) is 5. The summed E-state index contributed by atoms with van der Waals surface area (Å²) in [5, 5.41) is 0.168. The second-order valence-corrected chi connectivity index (χ2v) is 9.03. The lowest BCUT2D eigenvalue weighted by atomic mass is 10.0. The van der Waals surface area contributed by atoms with E-state index < -0.39 is 10.0 Å². The van der Waals surface area contributed by atoms with Crippen LogP contribution in [0.25, 0.3) is 0 Å². The predicted octanol–water partition coefficient (Wildman–Crippen LogP) is 1.08. The molecule has 4 rings (SSSR count). The molecule has 1 N–H and O–H groups in total. The molecule has 0 saturated carbocycles. The number of fused-ring (bicyclic) bond motifs is 1. The zero-order valence-electron chi connectivity index (χ0n) is 14.3. The van der Waals surface area contributed by atoms with Crippen LogP contribution in [-0.2, 0) is 10.0 Å². The Labute approximate surface area is 147 Å². The molecule has 2 aromatic heterocycles. The number of anilines is 1. The molecule has 8 nitrogen and oxygen atoms in total. The van der Waals surface area contributed by atoms with Gasteiger partial charge in [-0.15, -0.1) is 0 Å². The minimum absolute atomic E-state index is 0.168. The summed E-state index contributed by atoms with van der Waals surface area (Å²) in [6.07, 6.45) is 4.38. The van der Waals surface area contributed by atoms with Crippen LogP contribution >= 0.6 is 0 Å². The zero-order valence-corrected chi connectivity index (χ0v) is 15.1. The van der Waals surface area contributed by atoms with Crippen LogP contribution in [0.3, 0.4) is 0 Å². The molecule has 0 spiro atoms. The molecule has 2 saturated heterocycles. The quantitative estimate of drug-likeness (QED) is 0.874. The molecule has 4 heterocycles. The fourth-order valence-electron chi connectivity index (χ4n) is 3.71. The molecule has 0 aromatic carbocycles. The van der Waals surface area contributed by atoms with Gasteiger partial charge in [0.25, 0.3) is 10.0 Å². The molecule has 0 bridgehead atoms. The van der Waals surface area contributed by atoms with E-state index in [2.05, 4.69) is 38.7 Å². The van der Waals surface area contributed by atoms with Gasteiger partial charge in [0.15, 0.2) is 5.03 Å². The summed E-state index contributed by atoms with van der Waals surface area (Å²) in [5.41, 5.74) is 1.03. The Morgan fingerprint density at radius 1 is 1.16 bits per heavy atom. The zero-order chi connectivity index (χ0) is 17.6. The second-order valence-electron chi connectivity index (χ2n) is 7.12. The van der Waals surface area contributed by atoms with Crippen LogP contribution in [-0.4, -0.2) is 58.8 Å². The third-order valence-electron chi connectivity index (χ3n) is 5.13. The molecule has 2 aliphatic rings. The number of H-pyrrole nitrogens is 1. The number of aromatic nitrogens is 4. The van der Waals surface area contributed by atoms with Crippen molar-refractivity contribution < 1.29 is 8.42 Å². The average molecular weight is 362 g/mol. The number of hydrogen-bond donors (Lipinski definition) is 1. The Morgan fingerprint density at radius 2 is 1.88 bits per heavy atom. The fraction of sp³-hybridized carbons (Fsp3) is 0.562. The predicted molar refractivity (Wildman–Crippen MR) is 92.7 cm³/mol. The molecule has 0 aliphatic carbocycles. The van der Waals surface area contributed by atoms with Gasteiger partial charge in [0, 0.05) is 37.9 Å². The van der Waals surface area contributed by atoms with Crippen LogP contribution in [0.4, 0.5) is 5.82 Å². The molecule has 2 aromatic rings. The fourth-order valence-corrected chi connectivity index (χ4v) is 5.16. The molecule has 0 radical (unpaired) electrons. The Bertz CT molecular complexity index is 837. The third kappa shape index (κ3) is 2.91. The number of nitrogens with one attached hydrogen (secondary N) is 1. The Kier molecular flexibility index (Phi) is 3.99. The van der Waals surface area contributed by atoms with Crippen molar-refractivity contribution in [3.05, 3.63) is 30.6 Å². The molecule has 2 atom stereocenters. The molecule has 134 valence electrons. The Hall–Kier alpha value is -2.00. The first-order valence-electron chi connectivity index (χ1n) is 8.50. The van der Waals surface area contributed by atoms with Gasteiger partial charge in [-0.25, -0.2) is 23.4 Å². The van der Waals surface area contributed by atoms with Gasteiger partial charge in [-0.1, -0.05) is 13.8 Å². The normalized spacial score (nSPS) is 24.2.